The van der Waals surface area contributed by atoms with Crippen LogP contribution in [0.25, 0.3) is 0 Å². The van der Waals surface area contributed by atoms with Crippen molar-refractivity contribution in [1.82, 2.24) is 10.2 Å². The van der Waals surface area contributed by atoms with E-state index in [1.54, 1.807) is 4.90 Å². The molecule has 1 rings (SSSR count). The highest BCUT2D eigenvalue weighted by molar-refractivity contribution is 5.88. The molecule has 1 saturated heterocycles. The average molecular weight is 292 g/mol. The van der Waals surface area contributed by atoms with Gasteiger partial charge in [-0.05, 0) is 33.1 Å². The van der Waals surface area contributed by atoms with Crippen molar-refractivity contribution in [3.63, 3.8) is 0 Å². The van der Waals surface area contributed by atoms with Gasteiger partial charge in [0.1, 0.15) is 6.04 Å². The molecule has 1 atom stereocenters. The Bertz CT molecular complexity index is 316. The monoisotopic (exact) mass is 291 g/mol. The van der Waals surface area contributed by atoms with E-state index in [0.29, 0.717) is 19.5 Å². The summed E-state index contributed by atoms with van der Waals surface area (Å²) in [5.41, 5.74) is 5.41. The first-order chi connectivity index (χ1) is 8.35. The molecule has 0 saturated carbocycles. The number of hydrogen-bond donors (Lipinski definition) is 2. The largest absolute Gasteiger partial charge is 0.352 e. The molecular weight excluding hydrogens is 266 g/mol. The Kier molecular flexibility index (Phi) is 7.37. The summed E-state index contributed by atoms with van der Waals surface area (Å²) >= 11 is 0. The van der Waals surface area contributed by atoms with Crippen LogP contribution in [0.5, 0.6) is 0 Å². The van der Waals surface area contributed by atoms with Crippen LogP contribution in [0.15, 0.2) is 0 Å². The van der Waals surface area contributed by atoms with Crippen molar-refractivity contribution in [2.24, 2.45) is 5.73 Å². The molecule has 3 N–H and O–H groups in total. The quantitative estimate of drug-likeness (QED) is 0.795. The van der Waals surface area contributed by atoms with Crippen molar-refractivity contribution >= 4 is 24.2 Å². The lowest BCUT2D eigenvalue weighted by Gasteiger charge is -2.26. The van der Waals surface area contributed by atoms with Crippen LogP contribution in [0.4, 0.5) is 0 Å². The summed E-state index contributed by atoms with van der Waals surface area (Å²) in [7, 11) is 0. The molecule has 0 aromatic rings. The second kappa shape index (κ2) is 7.70. The maximum atomic E-state index is 12.1. The normalized spacial score (nSPS) is 18.9. The van der Waals surface area contributed by atoms with Gasteiger partial charge in [0.2, 0.25) is 11.8 Å². The first-order valence-corrected chi connectivity index (χ1v) is 6.71. The number of carbonyl (C=O) groups excluding carboxylic acids is 2. The predicted octanol–water partition coefficient (Wildman–Crippen LogP) is 1.05. The lowest BCUT2D eigenvalue weighted by Crippen LogP contribution is -2.51. The van der Waals surface area contributed by atoms with Gasteiger partial charge in [-0.25, -0.2) is 0 Å². The fourth-order valence-electron chi connectivity index (χ4n) is 2.13. The Morgan fingerprint density at radius 1 is 1.42 bits per heavy atom. The molecule has 0 spiro atoms. The lowest BCUT2D eigenvalue weighted by atomic mass is 10.1. The van der Waals surface area contributed by atoms with Crippen molar-refractivity contribution in [1.29, 1.82) is 0 Å². The predicted molar refractivity (Wildman–Crippen MR) is 78.2 cm³/mol. The van der Waals surface area contributed by atoms with E-state index in [4.69, 9.17) is 5.73 Å². The highest BCUT2D eigenvalue weighted by Crippen LogP contribution is 2.19. The molecule has 2 amide bonds. The van der Waals surface area contributed by atoms with Gasteiger partial charge in [-0.2, -0.15) is 0 Å². The minimum absolute atomic E-state index is 0. The molecule has 0 aliphatic carbocycles. The van der Waals surface area contributed by atoms with Crippen LogP contribution < -0.4 is 11.1 Å². The average Bonchev–Trinajstić information content (AvgIpc) is 2.74. The molecule has 112 valence electrons. The van der Waals surface area contributed by atoms with Gasteiger partial charge in [-0.15, -0.1) is 12.4 Å². The van der Waals surface area contributed by atoms with Gasteiger partial charge in [0.05, 0.1) is 0 Å². The summed E-state index contributed by atoms with van der Waals surface area (Å²) in [5.74, 6) is 0.0117. The molecule has 0 aromatic carbocycles. The third kappa shape index (κ3) is 5.78. The molecule has 0 aromatic heterocycles. The molecule has 19 heavy (non-hydrogen) atoms. The summed E-state index contributed by atoms with van der Waals surface area (Å²) in [6.07, 6.45) is 3.00. The van der Waals surface area contributed by atoms with Crippen molar-refractivity contribution in [3.05, 3.63) is 0 Å². The summed E-state index contributed by atoms with van der Waals surface area (Å²) in [6.45, 7) is 6.82. The van der Waals surface area contributed by atoms with Crippen LogP contribution in [0.2, 0.25) is 0 Å². The number of nitrogens with one attached hydrogen (secondary N) is 1. The van der Waals surface area contributed by atoms with Gasteiger partial charge >= 0.3 is 0 Å². The number of rotatable bonds is 5. The summed E-state index contributed by atoms with van der Waals surface area (Å²) in [4.78, 5) is 25.6. The highest BCUT2D eigenvalue weighted by atomic mass is 35.5. The van der Waals surface area contributed by atoms with E-state index in [1.165, 1.54) is 0 Å². The van der Waals surface area contributed by atoms with E-state index in [2.05, 4.69) is 5.32 Å². The van der Waals surface area contributed by atoms with E-state index in [-0.39, 0.29) is 30.3 Å². The van der Waals surface area contributed by atoms with Crippen LogP contribution in [-0.2, 0) is 9.59 Å². The Morgan fingerprint density at radius 2 is 2.05 bits per heavy atom. The van der Waals surface area contributed by atoms with Crippen molar-refractivity contribution < 1.29 is 9.59 Å². The highest BCUT2D eigenvalue weighted by Gasteiger charge is 2.33. The molecule has 5 nitrogen and oxygen atoms in total. The Labute approximate surface area is 121 Å². The third-order valence-electron chi connectivity index (χ3n) is 3.06. The Morgan fingerprint density at radius 3 is 2.58 bits per heavy atom. The van der Waals surface area contributed by atoms with Crippen LogP contribution in [0.3, 0.4) is 0 Å². The van der Waals surface area contributed by atoms with Gasteiger partial charge in [0, 0.05) is 25.0 Å². The summed E-state index contributed by atoms with van der Waals surface area (Å²) in [6, 6.07) is -0.300. The number of carbonyl (C=O) groups is 2. The molecular formula is C13H26ClN3O2. The van der Waals surface area contributed by atoms with Gasteiger partial charge < -0.3 is 16.0 Å². The fraction of sp³-hybridized carbons (Fsp3) is 0.846. The van der Waals surface area contributed by atoms with Crippen molar-refractivity contribution in [3.8, 4) is 0 Å². The maximum absolute atomic E-state index is 12.1. The van der Waals surface area contributed by atoms with E-state index in [0.717, 1.165) is 19.3 Å². The Balaban J connectivity index is 0.00000324. The zero-order valence-electron chi connectivity index (χ0n) is 12.1. The number of nitrogens with zero attached hydrogens (tertiary/aromatic N) is 1. The topological polar surface area (TPSA) is 75.4 Å². The number of likely N-dealkylation sites (tertiary alicyclic amines) is 1. The van der Waals surface area contributed by atoms with E-state index < -0.39 is 5.54 Å². The fourth-order valence-corrected chi connectivity index (χ4v) is 2.13. The maximum Gasteiger partial charge on any atom is 0.242 e. The second-order valence-electron chi connectivity index (χ2n) is 5.70. The minimum Gasteiger partial charge on any atom is -0.352 e. The molecule has 1 aliphatic rings. The minimum atomic E-state index is -0.424. The van der Waals surface area contributed by atoms with Gasteiger partial charge in [0.15, 0.2) is 0 Å². The number of amides is 2. The second-order valence-corrected chi connectivity index (χ2v) is 5.70. The van der Waals surface area contributed by atoms with Crippen LogP contribution in [0, 0.1) is 0 Å². The van der Waals surface area contributed by atoms with Crippen LogP contribution >= 0.6 is 12.4 Å². The smallest absolute Gasteiger partial charge is 0.242 e. The number of hydrogen-bond acceptors (Lipinski definition) is 3. The Hall–Kier alpha value is -0.810. The number of nitrogens with two attached hydrogens (primary N) is 1. The van der Waals surface area contributed by atoms with Gasteiger partial charge in [-0.3, -0.25) is 9.59 Å². The molecule has 1 fully saturated rings. The van der Waals surface area contributed by atoms with Gasteiger partial charge in [0.25, 0.3) is 0 Å². The third-order valence-corrected chi connectivity index (χ3v) is 3.06. The lowest BCUT2D eigenvalue weighted by molar-refractivity contribution is -0.138. The molecule has 0 radical (unpaired) electrons. The SMILES string of the molecule is CCCC(=O)N1CCCC1C(=O)NCC(C)(C)N.Cl. The van der Waals surface area contributed by atoms with Gasteiger partial charge in [-0.1, -0.05) is 6.92 Å². The van der Waals surface area contributed by atoms with Crippen molar-refractivity contribution in [2.45, 2.75) is 58.0 Å². The summed E-state index contributed by atoms with van der Waals surface area (Å²) < 4.78 is 0. The molecule has 6 heteroatoms. The molecule has 0 bridgehead atoms. The first kappa shape index (κ1) is 18.2. The zero-order valence-corrected chi connectivity index (χ0v) is 12.9. The molecule has 1 unspecified atom stereocenters. The molecule has 1 aliphatic heterocycles. The van der Waals surface area contributed by atoms with E-state index >= 15 is 0 Å². The molecule has 1 heterocycles. The van der Waals surface area contributed by atoms with Crippen molar-refractivity contribution in [2.75, 3.05) is 13.1 Å². The standard InChI is InChI=1S/C13H25N3O2.ClH/c1-4-6-11(17)16-8-5-7-10(16)12(18)15-9-13(2,3)14;/h10H,4-9,14H2,1-3H3,(H,15,18);1H. The number of halogens is 1. The summed E-state index contributed by atoms with van der Waals surface area (Å²) in [5, 5.41) is 2.83. The van der Waals surface area contributed by atoms with E-state index in [1.807, 2.05) is 20.8 Å². The van der Waals surface area contributed by atoms with E-state index in [9.17, 15) is 9.59 Å². The van der Waals surface area contributed by atoms with Crippen LogP contribution in [-0.4, -0.2) is 41.4 Å². The first-order valence-electron chi connectivity index (χ1n) is 6.71. The van der Waals surface area contributed by atoms with Crippen LogP contribution in [0.1, 0.15) is 46.5 Å². The zero-order chi connectivity index (χ0) is 13.8.